The number of hydrogen-bond acceptors (Lipinski definition) is 4. The molecule has 0 amide bonds. The summed E-state index contributed by atoms with van der Waals surface area (Å²) in [4.78, 5) is 9.72. The van der Waals surface area contributed by atoms with Crippen molar-refractivity contribution in [3.05, 3.63) is 53.2 Å². The molecule has 5 aliphatic rings. The van der Waals surface area contributed by atoms with Crippen LogP contribution in [0.3, 0.4) is 0 Å². The molecule has 33 heavy (non-hydrogen) atoms. The highest BCUT2D eigenvalue weighted by Gasteiger charge is 2.50. The fourth-order valence-electron chi connectivity index (χ4n) is 7.71. The number of benzene rings is 1. The maximum Gasteiger partial charge on any atom is 0.222 e. The summed E-state index contributed by atoms with van der Waals surface area (Å²) in [6.07, 6.45) is 14.9. The number of unbranched alkanes of at least 4 members (excludes halogenated alkanes) is 1. The summed E-state index contributed by atoms with van der Waals surface area (Å²) >= 11 is 0. The SMILES string of the molecule is CCCC[C@H]1Cc2ccnc(OC)c2C(c2ccc(NC34CC5CC(CC(C5)C3)C4)cc2)=N1. The minimum atomic E-state index is 0.337. The van der Waals surface area contributed by atoms with Gasteiger partial charge in [0.05, 0.1) is 24.4 Å². The standard InChI is InChI=1S/C29H37N3O/c1-3-4-5-25-15-23-10-11-30-28(33-2)26(23)27(31-25)22-6-8-24(9-7-22)32-29-16-19-12-20(17-29)14-21(13-19)18-29/h6-11,19-21,25,32H,3-5,12-18H2,1-2H3/t19?,20?,21?,25-,29?/m0/s1. The van der Waals surface area contributed by atoms with E-state index in [2.05, 4.69) is 47.6 Å². The zero-order valence-corrected chi connectivity index (χ0v) is 20.1. The molecular weight excluding hydrogens is 406 g/mol. The Balaban J connectivity index is 1.28. The van der Waals surface area contributed by atoms with Gasteiger partial charge in [-0.3, -0.25) is 4.99 Å². The lowest BCUT2D eigenvalue weighted by Gasteiger charge is -2.57. The van der Waals surface area contributed by atoms with E-state index < -0.39 is 0 Å². The van der Waals surface area contributed by atoms with Crippen molar-refractivity contribution in [1.82, 2.24) is 4.98 Å². The van der Waals surface area contributed by atoms with Crippen LogP contribution in [0.25, 0.3) is 0 Å². The molecule has 2 aromatic rings. The van der Waals surface area contributed by atoms with Crippen LogP contribution in [0.1, 0.15) is 81.4 Å². The molecule has 1 atom stereocenters. The normalized spacial score (nSPS) is 31.8. The van der Waals surface area contributed by atoms with Crippen molar-refractivity contribution >= 4 is 11.4 Å². The topological polar surface area (TPSA) is 46.5 Å². The van der Waals surface area contributed by atoms with E-state index in [4.69, 9.17) is 9.73 Å². The zero-order chi connectivity index (χ0) is 22.4. The number of aliphatic imine (C=N–C) groups is 1. The van der Waals surface area contributed by atoms with E-state index in [1.54, 1.807) is 7.11 Å². The number of fused-ring (bicyclic) bond motifs is 1. The Morgan fingerprint density at radius 1 is 1.00 bits per heavy atom. The molecule has 4 bridgehead atoms. The number of aromatic nitrogens is 1. The Kier molecular flexibility index (Phi) is 5.43. The lowest BCUT2D eigenvalue weighted by molar-refractivity contribution is 0.0107. The molecule has 0 saturated heterocycles. The summed E-state index contributed by atoms with van der Waals surface area (Å²) < 4.78 is 5.66. The number of nitrogens with one attached hydrogen (secondary N) is 1. The van der Waals surface area contributed by atoms with E-state index in [-0.39, 0.29) is 0 Å². The number of pyridine rings is 1. The smallest absolute Gasteiger partial charge is 0.222 e. The Morgan fingerprint density at radius 2 is 1.70 bits per heavy atom. The zero-order valence-electron chi connectivity index (χ0n) is 20.1. The summed E-state index contributed by atoms with van der Waals surface area (Å²) in [6, 6.07) is 11.5. The van der Waals surface area contributed by atoms with Crippen LogP contribution in [0.4, 0.5) is 5.69 Å². The van der Waals surface area contributed by atoms with Gasteiger partial charge < -0.3 is 10.1 Å². The maximum absolute atomic E-state index is 5.66. The fraction of sp³-hybridized carbons (Fsp3) is 0.586. The minimum absolute atomic E-state index is 0.337. The van der Waals surface area contributed by atoms with Gasteiger partial charge in [0, 0.05) is 23.0 Å². The van der Waals surface area contributed by atoms with Crippen molar-refractivity contribution in [2.45, 2.75) is 82.7 Å². The van der Waals surface area contributed by atoms with Crippen molar-refractivity contribution in [1.29, 1.82) is 0 Å². The largest absolute Gasteiger partial charge is 0.480 e. The van der Waals surface area contributed by atoms with Crippen LogP contribution < -0.4 is 10.1 Å². The van der Waals surface area contributed by atoms with Crippen LogP contribution in [0.5, 0.6) is 5.88 Å². The molecule has 7 rings (SSSR count). The molecule has 0 radical (unpaired) electrons. The van der Waals surface area contributed by atoms with E-state index in [9.17, 15) is 0 Å². The molecule has 1 aliphatic heterocycles. The third-order valence-electron chi connectivity index (χ3n) is 8.70. The summed E-state index contributed by atoms with van der Waals surface area (Å²) in [5, 5.41) is 4.02. The van der Waals surface area contributed by atoms with Gasteiger partial charge in [0.1, 0.15) is 0 Å². The molecule has 4 fully saturated rings. The molecule has 1 aromatic heterocycles. The molecule has 4 heteroatoms. The van der Waals surface area contributed by atoms with E-state index in [0.29, 0.717) is 17.5 Å². The van der Waals surface area contributed by atoms with Crippen LogP contribution in [0, 0.1) is 17.8 Å². The molecule has 2 heterocycles. The second kappa shape index (κ2) is 8.45. The average molecular weight is 444 g/mol. The summed E-state index contributed by atoms with van der Waals surface area (Å²) in [5.41, 5.74) is 6.20. The Labute approximate surface area is 198 Å². The van der Waals surface area contributed by atoms with E-state index in [0.717, 1.165) is 41.9 Å². The average Bonchev–Trinajstić information content (AvgIpc) is 2.81. The summed E-state index contributed by atoms with van der Waals surface area (Å²) in [7, 11) is 1.71. The molecule has 0 unspecified atom stereocenters. The highest BCUT2D eigenvalue weighted by atomic mass is 16.5. The number of methoxy groups -OCH3 is 1. The lowest BCUT2D eigenvalue weighted by atomic mass is 9.53. The summed E-state index contributed by atoms with van der Waals surface area (Å²) in [5.74, 6) is 3.55. The third kappa shape index (κ3) is 3.96. The quantitative estimate of drug-likeness (QED) is 0.537. The number of hydrogen-bond donors (Lipinski definition) is 1. The monoisotopic (exact) mass is 443 g/mol. The van der Waals surface area contributed by atoms with Crippen LogP contribution in [-0.4, -0.2) is 29.4 Å². The first kappa shape index (κ1) is 21.2. The first-order valence-corrected chi connectivity index (χ1v) is 13.1. The third-order valence-corrected chi connectivity index (χ3v) is 8.70. The predicted molar refractivity (Wildman–Crippen MR) is 134 cm³/mol. The van der Waals surface area contributed by atoms with Crippen LogP contribution in [0.2, 0.25) is 0 Å². The number of rotatable bonds is 7. The van der Waals surface area contributed by atoms with Crippen LogP contribution >= 0.6 is 0 Å². The van der Waals surface area contributed by atoms with E-state index in [1.165, 1.54) is 68.2 Å². The van der Waals surface area contributed by atoms with Gasteiger partial charge in [-0.05, 0) is 92.9 Å². The van der Waals surface area contributed by atoms with Gasteiger partial charge in [-0.15, -0.1) is 0 Å². The highest BCUT2D eigenvalue weighted by Crippen LogP contribution is 2.56. The molecular formula is C29H37N3O. The van der Waals surface area contributed by atoms with Gasteiger partial charge >= 0.3 is 0 Å². The maximum atomic E-state index is 5.66. The second-order valence-corrected chi connectivity index (χ2v) is 11.2. The van der Waals surface area contributed by atoms with E-state index >= 15 is 0 Å². The minimum Gasteiger partial charge on any atom is -0.480 e. The van der Waals surface area contributed by atoms with Gasteiger partial charge in [-0.1, -0.05) is 31.9 Å². The van der Waals surface area contributed by atoms with Gasteiger partial charge in [-0.25, -0.2) is 4.98 Å². The first-order valence-electron chi connectivity index (χ1n) is 13.1. The van der Waals surface area contributed by atoms with Crippen LogP contribution in [0.15, 0.2) is 41.5 Å². The Morgan fingerprint density at radius 3 is 2.33 bits per heavy atom. The molecule has 4 saturated carbocycles. The molecule has 174 valence electrons. The predicted octanol–water partition coefficient (Wildman–Crippen LogP) is 6.42. The Hall–Kier alpha value is -2.36. The fourth-order valence-corrected chi connectivity index (χ4v) is 7.71. The molecule has 0 spiro atoms. The van der Waals surface area contributed by atoms with Gasteiger partial charge in [0.2, 0.25) is 5.88 Å². The number of ether oxygens (including phenoxy) is 1. The molecule has 4 aliphatic carbocycles. The van der Waals surface area contributed by atoms with Gasteiger partial charge in [-0.2, -0.15) is 0 Å². The van der Waals surface area contributed by atoms with Crippen molar-refractivity contribution in [3.8, 4) is 5.88 Å². The second-order valence-electron chi connectivity index (χ2n) is 11.2. The Bertz CT molecular complexity index is 1010. The van der Waals surface area contributed by atoms with Gasteiger partial charge in [0.25, 0.3) is 0 Å². The van der Waals surface area contributed by atoms with Crippen molar-refractivity contribution < 1.29 is 4.74 Å². The molecule has 1 N–H and O–H groups in total. The van der Waals surface area contributed by atoms with Gasteiger partial charge in [0.15, 0.2) is 0 Å². The van der Waals surface area contributed by atoms with Crippen LogP contribution in [-0.2, 0) is 6.42 Å². The number of anilines is 1. The van der Waals surface area contributed by atoms with Crippen molar-refractivity contribution in [2.75, 3.05) is 12.4 Å². The number of nitrogens with zero attached hydrogens (tertiary/aromatic N) is 2. The van der Waals surface area contributed by atoms with Crippen molar-refractivity contribution in [3.63, 3.8) is 0 Å². The highest BCUT2D eigenvalue weighted by molar-refractivity contribution is 6.15. The first-order chi connectivity index (χ1) is 16.1. The molecule has 4 nitrogen and oxygen atoms in total. The van der Waals surface area contributed by atoms with E-state index in [1.807, 2.05) is 6.20 Å². The van der Waals surface area contributed by atoms with Crippen molar-refractivity contribution in [2.24, 2.45) is 22.7 Å². The summed E-state index contributed by atoms with van der Waals surface area (Å²) in [6.45, 7) is 2.25. The molecule has 1 aromatic carbocycles. The lowest BCUT2D eigenvalue weighted by Crippen LogP contribution is -2.54.